The summed E-state index contributed by atoms with van der Waals surface area (Å²) in [7, 11) is 0. The Morgan fingerprint density at radius 1 is 0.600 bits per heavy atom. The fraction of sp³-hybridized carbons (Fsp3) is 0.833. The molecular formula is C18H33O6Sb. The van der Waals surface area contributed by atoms with Crippen molar-refractivity contribution in [1.29, 1.82) is 0 Å². The van der Waals surface area contributed by atoms with Gasteiger partial charge < -0.3 is 0 Å². The normalized spacial score (nSPS) is 12.7. The van der Waals surface area contributed by atoms with Gasteiger partial charge in [0, 0.05) is 0 Å². The summed E-state index contributed by atoms with van der Waals surface area (Å²) in [5, 5.41) is 0. The molecule has 0 aliphatic carbocycles. The molecule has 0 N–H and O–H groups in total. The van der Waals surface area contributed by atoms with Crippen molar-refractivity contribution >= 4 is 39.4 Å². The summed E-state index contributed by atoms with van der Waals surface area (Å²) in [4.78, 5) is 37.0. The van der Waals surface area contributed by atoms with Gasteiger partial charge in [-0.1, -0.05) is 0 Å². The standard InChI is InChI=1S/3C6H12O2.Sb/c3*1-4-6(2,3)5(7)8;/h3*4H2,1-3H3,(H,7,8);/q;;;+3/p-3. The van der Waals surface area contributed by atoms with Gasteiger partial charge in [0.05, 0.1) is 0 Å². The van der Waals surface area contributed by atoms with Gasteiger partial charge in [-0.05, 0) is 0 Å². The van der Waals surface area contributed by atoms with E-state index in [1.165, 1.54) is 0 Å². The first-order valence-corrected chi connectivity index (χ1v) is 11.8. The van der Waals surface area contributed by atoms with Gasteiger partial charge in [-0.3, -0.25) is 0 Å². The maximum atomic E-state index is 12.3. The molecule has 146 valence electrons. The summed E-state index contributed by atoms with van der Waals surface area (Å²) in [5.41, 5.74) is -2.20. The van der Waals surface area contributed by atoms with Crippen LogP contribution in [0.2, 0.25) is 0 Å². The van der Waals surface area contributed by atoms with Crippen LogP contribution in [0.25, 0.3) is 0 Å². The van der Waals surface area contributed by atoms with Gasteiger partial charge in [-0.2, -0.15) is 0 Å². The Morgan fingerprint density at radius 3 is 0.960 bits per heavy atom. The predicted molar refractivity (Wildman–Crippen MR) is 96.2 cm³/mol. The Morgan fingerprint density at radius 2 is 0.800 bits per heavy atom. The molecule has 0 spiro atoms. The SMILES string of the molecule is CCC(C)(C)C(=O)[O][Sb]([O]C(=O)C(C)(C)CC)[O]C(=O)C(C)(C)CC. The Hall–Kier alpha value is -0.772. The van der Waals surface area contributed by atoms with E-state index in [9.17, 15) is 14.4 Å². The summed E-state index contributed by atoms with van der Waals surface area (Å²) in [6, 6.07) is 0. The maximum absolute atomic E-state index is 12.3. The molecule has 0 rings (SSSR count). The van der Waals surface area contributed by atoms with Crippen molar-refractivity contribution in [1.82, 2.24) is 0 Å². The van der Waals surface area contributed by atoms with E-state index in [0.717, 1.165) is 0 Å². The predicted octanol–water partition coefficient (Wildman–Crippen LogP) is 3.91. The molecule has 7 heteroatoms. The Kier molecular flexibility index (Phi) is 8.96. The van der Waals surface area contributed by atoms with E-state index >= 15 is 0 Å². The second-order valence-electron chi connectivity index (χ2n) is 8.07. The van der Waals surface area contributed by atoms with Gasteiger partial charge in [-0.15, -0.1) is 0 Å². The average Bonchev–Trinajstić information content (AvgIpc) is 2.54. The van der Waals surface area contributed by atoms with Crippen LogP contribution in [0.3, 0.4) is 0 Å². The van der Waals surface area contributed by atoms with E-state index in [2.05, 4.69) is 0 Å². The number of carbonyl (C=O) groups is 3. The zero-order chi connectivity index (χ0) is 20.1. The van der Waals surface area contributed by atoms with Crippen LogP contribution in [0.5, 0.6) is 0 Å². The summed E-state index contributed by atoms with van der Waals surface area (Å²) >= 11 is -3.81. The first-order valence-electron chi connectivity index (χ1n) is 8.70. The fourth-order valence-electron chi connectivity index (χ4n) is 1.06. The number of carbonyl (C=O) groups excluding carboxylic acids is 3. The van der Waals surface area contributed by atoms with E-state index in [0.29, 0.717) is 19.3 Å². The Labute approximate surface area is 160 Å². The van der Waals surface area contributed by atoms with Crippen LogP contribution in [0, 0.1) is 16.2 Å². The quantitative estimate of drug-likeness (QED) is 0.479. The second-order valence-corrected chi connectivity index (χ2v) is 10.9. The van der Waals surface area contributed by atoms with E-state index in [-0.39, 0.29) is 0 Å². The van der Waals surface area contributed by atoms with E-state index in [4.69, 9.17) is 9.05 Å². The molecule has 0 radical (unpaired) electrons. The van der Waals surface area contributed by atoms with E-state index < -0.39 is 55.6 Å². The monoisotopic (exact) mass is 466 g/mol. The van der Waals surface area contributed by atoms with Gasteiger partial charge in [0.25, 0.3) is 0 Å². The van der Waals surface area contributed by atoms with E-state index in [1.54, 1.807) is 41.5 Å². The molecule has 0 aliphatic rings. The summed E-state index contributed by atoms with van der Waals surface area (Å²) in [6.07, 6.45) is 1.68. The molecule has 0 heterocycles. The molecule has 0 unspecified atom stereocenters. The molecule has 0 aromatic heterocycles. The van der Waals surface area contributed by atoms with Gasteiger partial charge in [0.2, 0.25) is 0 Å². The molecule has 0 aromatic rings. The molecule has 0 atom stereocenters. The van der Waals surface area contributed by atoms with Crippen LogP contribution in [-0.2, 0) is 23.4 Å². The molecule has 0 aromatic carbocycles. The molecule has 0 saturated carbocycles. The van der Waals surface area contributed by atoms with Crippen molar-refractivity contribution in [3.8, 4) is 0 Å². The van der Waals surface area contributed by atoms with E-state index in [1.807, 2.05) is 20.8 Å². The van der Waals surface area contributed by atoms with Gasteiger partial charge in [0.1, 0.15) is 0 Å². The van der Waals surface area contributed by atoms with Crippen molar-refractivity contribution in [2.75, 3.05) is 0 Å². The van der Waals surface area contributed by atoms with Crippen LogP contribution < -0.4 is 0 Å². The van der Waals surface area contributed by atoms with Gasteiger partial charge in [0.15, 0.2) is 0 Å². The minimum absolute atomic E-state index is 0.512. The number of hydrogen-bond acceptors (Lipinski definition) is 6. The number of rotatable bonds is 9. The number of hydrogen-bond donors (Lipinski definition) is 0. The van der Waals surface area contributed by atoms with Crippen LogP contribution in [0.4, 0.5) is 0 Å². The summed E-state index contributed by atoms with van der Waals surface area (Å²) in [6.45, 7) is 16.0. The molecule has 0 saturated heterocycles. The molecule has 6 nitrogen and oxygen atoms in total. The third-order valence-electron chi connectivity index (χ3n) is 4.78. The Balaban J connectivity index is 5.35. The van der Waals surface area contributed by atoms with Crippen molar-refractivity contribution < 1.29 is 23.4 Å². The van der Waals surface area contributed by atoms with Crippen LogP contribution in [0.15, 0.2) is 0 Å². The van der Waals surface area contributed by atoms with Gasteiger partial charge in [-0.25, -0.2) is 0 Å². The van der Waals surface area contributed by atoms with Crippen molar-refractivity contribution in [2.45, 2.75) is 81.6 Å². The third-order valence-corrected chi connectivity index (χ3v) is 7.48. The first-order chi connectivity index (χ1) is 11.2. The Bertz CT molecular complexity index is 424. The third kappa shape index (κ3) is 7.16. The van der Waals surface area contributed by atoms with Crippen LogP contribution >= 0.6 is 0 Å². The summed E-state index contributed by atoms with van der Waals surface area (Å²) in [5.74, 6) is -1.54. The van der Waals surface area contributed by atoms with Crippen molar-refractivity contribution in [2.24, 2.45) is 16.2 Å². The molecular weight excluding hydrogens is 434 g/mol. The molecule has 0 bridgehead atoms. The molecule has 0 fully saturated rings. The van der Waals surface area contributed by atoms with Crippen LogP contribution in [0.1, 0.15) is 81.6 Å². The minimum atomic E-state index is -3.81. The molecule has 0 aliphatic heterocycles. The van der Waals surface area contributed by atoms with Crippen molar-refractivity contribution in [3.63, 3.8) is 0 Å². The topological polar surface area (TPSA) is 78.9 Å². The van der Waals surface area contributed by atoms with Crippen molar-refractivity contribution in [3.05, 3.63) is 0 Å². The first kappa shape index (κ1) is 24.2. The van der Waals surface area contributed by atoms with Crippen LogP contribution in [-0.4, -0.2) is 39.4 Å². The summed E-state index contributed by atoms with van der Waals surface area (Å²) < 4.78 is 16.2. The zero-order valence-corrected chi connectivity index (χ0v) is 19.6. The fourth-order valence-corrected chi connectivity index (χ4v) is 4.66. The molecule has 25 heavy (non-hydrogen) atoms. The average molecular weight is 467 g/mol. The zero-order valence-electron chi connectivity index (χ0n) is 17.0. The molecule has 0 amide bonds. The van der Waals surface area contributed by atoms with Gasteiger partial charge >= 0.3 is 161 Å². The second kappa shape index (κ2) is 9.25.